The Hall–Kier alpha value is -1.75. The lowest BCUT2D eigenvalue weighted by Gasteiger charge is -2.35. The lowest BCUT2D eigenvalue weighted by atomic mass is 10.1. The van der Waals surface area contributed by atoms with Gasteiger partial charge in [-0.05, 0) is 38.0 Å². The normalized spacial score (nSPS) is 23.8. The molecule has 1 fully saturated rings. The minimum atomic E-state index is -0.495. The molecule has 1 aliphatic carbocycles. The summed E-state index contributed by atoms with van der Waals surface area (Å²) in [5.41, 5.74) is 6.97. The van der Waals surface area contributed by atoms with Crippen LogP contribution in [0.4, 0.5) is 11.4 Å². The Morgan fingerprint density at radius 1 is 1.53 bits per heavy atom. The fraction of sp³-hybridized carbons (Fsp3) is 0.500. The van der Waals surface area contributed by atoms with Crippen molar-refractivity contribution < 1.29 is 14.6 Å². The molecule has 1 aliphatic heterocycles. The highest BCUT2D eigenvalue weighted by atomic mass is 16.5. The van der Waals surface area contributed by atoms with Crippen molar-refractivity contribution in [1.29, 1.82) is 0 Å². The first-order valence-corrected chi connectivity index (χ1v) is 6.53. The average molecular weight is 262 g/mol. The summed E-state index contributed by atoms with van der Waals surface area (Å²) < 4.78 is 5.59. The molecule has 0 radical (unpaired) electrons. The molecule has 102 valence electrons. The minimum absolute atomic E-state index is 0.0715. The Morgan fingerprint density at radius 2 is 2.26 bits per heavy atom. The van der Waals surface area contributed by atoms with Gasteiger partial charge in [-0.25, -0.2) is 0 Å². The molecule has 2 aliphatic rings. The zero-order chi connectivity index (χ0) is 13.6. The van der Waals surface area contributed by atoms with Crippen LogP contribution in [0.2, 0.25) is 0 Å². The number of hydrogen-bond donors (Lipinski definition) is 2. The van der Waals surface area contributed by atoms with Crippen LogP contribution in [0.1, 0.15) is 19.8 Å². The van der Waals surface area contributed by atoms with Gasteiger partial charge in [0.15, 0.2) is 6.10 Å². The predicted molar refractivity (Wildman–Crippen MR) is 72.1 cm³/mol. The second kappa shape index (κ2) is 4.13. The van der Waals surface area contributed by atoms with E-state index in [1.807, 2.05) is 0 Å². The Balaban J connectivity index is 1.97. The Morgan fingerprint density at radius 3 is 2.89 bits per heavy atom. The van der Waals surface area contributed by atoms with Crippen LogP contribution < -0.4 is 15.4 Å². The summed E-state index contributed by atoms with van der Waals surface area (Å²) in [4.78, 5) is 14.0. The number of aliphatic hydroxyl groups excluding tert-OH is 1. The SMILES string of the molecule is CC1Oc2ccc(N)cc2N(CC2(CO)CC2)C1=O. The summed E-state index contributed by atoms with van der Waals surface area (Å²) in [6.07, 6.45) is 1.42. The number of amides is 1. The quantitative estimate of drug-likeness (QED) is 0.801. The summed E-state index contributed by atoms with van der Waals surface area (Å²) in [7, 11) is 0. The van der Waals surface area contributed by atoms with E-state index in [2.05, 4.69) is 0 Å². The van der Waals surface area contributed by atoms with E-state index in [9.17, 15) is 9.90 Å². The number of nitrogens with two attached hydrogens (primary N) is 1. The second-order valence-electron chi connectivity index (χ2n) is 5.57. The molecule has 19 heavy (non-hydrogen) atoms. The maximum absolute atomic E-state index is 12.3. The summed E-state index contributed by atoms with van der Waals surface area (Å²) in [6.45, 7) is 2.39. The van der Waals surface area contributed by atoms with Crippen LogP contribution in [0.5, 0.6) is 5.75 Å². The van der Waals surface area contributed by atoms with Crippen molar-refractivity contribution in [3.8, 4) is 5.75 Å². The summed E-state index contributed by atoms with van der Waals surface area (Å²) >= 11 is 0. The molecule has 5 heteroatoms. The fourth-order valence-electron chi connectivity index (χ4n) is 2.47. The molecule has 1 saturated carbocycles. The monoisotopic (exact) mass is 262 g/mol. The predicted octanol–water partition coefficient (Wildman–Crippen LogP) is 1.16. The Bertz CT molecular complexity index is 525. The number of hydrogen-bond acceptors (Lipinski definition) is 4. The van der Waals surface area contributed by atoms with Gasteiger partial charge in [-0.2, -0.15) is 0 Å². The molecule has 3 rings (SSSR count). The van der Waals surface area contributed by atoms with Crippen molar-refractivity contribution in [1.82, 2.24) is 0 Å². The van der Waals surface area contributed by atoms with E-state index in [4.69, 9.17) is 10.5 Å². The topological polar surface area (TPSA) is 75.8 Å². The Labute approximate surface area is 112 Å². The van der Waals surface area contributed by atoms with Crippen LogP contribution in [0.3, 0.4) is 0 Å². The van der Waals surface area contributed by atoms with Crippen molar-refractivity contribution in [3.63, 3.8) is 0 Å². The molecule has 1 aromatic rings. The third-order valence-electron chi connectivity index (χ3n) is 3.98. The first kappa shape index (κ1) is 12.3. The summed E-state index contributed by atoms with van der Waals surface area (Å²) in [6, 6.07) is 5.31. The van der Waals surface area contributed by atoms with E-state index in [1.165, 1.54) is 0 Å². The molecule has 3 N–H and O–H groups in total. The van der Waals surface area contributed by atoms with E-state index in [0.717, 1.165) is 12.8 Å². The van der Waals surface area contributed by atoms with Crippen LogP contribution >= 0.6 is 0 Å². The van der Waals surface area contributed by atoms with E-state index in [-0.39, 0.29) is 17.9 Å². The number of anilines is 2. The highest BCUT2D eigenvalue weighted by molar-refractivity contribution is 6.00. The van der Waals surface area contributed by atoms with Crippen molar-refractivity contribution >= 4 is 17.3 Å². The van der Waals surface area contributed by atoms with Gasteiger partial charge in [-0.3, -0.25) is 4.79 Å². The number of carbonyl (C=O) groups is 1. The third kappa shape index (κ3) is 2.04. The molecule has 0 bridgehead atoms. The number of aliphatic hydroxyl groups is 1. The maximum atomic E-state index is 12.3. The molecule has 1 heterocycles. The highest BCUT2D eigenvalue weighted by Gasteiger charge is 2.46. The number of ether oxygens (including phenoxy) is 1. The Kier molecular flexibility index (Phi) is 2.67. The van der Waals surface area contributed by atoms with Gasteiger partial charge in [-0.15, -0.1) is 0 Å². The van der Waals surface area contributed by atoms with Crippen molar-refractivity contribution in [2.75, 3.05) is 23.8 Å². The van der Waals surface area contributed by atoms with Gasteiger partial charge in [-0.1, -0.05) is 0 Å². The van der Waals surface area contributed by atoms with E-state index < -0.39 is 6.10 Å². The van der Waals surface area contributed by atoms with Crippen molar-refractivity contribution in [2.45, 2.75) is 25.9 Å². The van der Waals surface area contributed by atoms with Crippen LogP contribution in [-0.4, -0.2) is 30.3 Å². The fourth-order valence-corrected chi connectivity index (χ4v) is 2.47. The van der Waals surface area contributed by atoms with Gasteiger partial charge in [0.2, 0.25) is 0 Å². The van der Waals surface area contributed by atoms with Crippen molar-refractivity contribution in [3.05, 3.63) is 18.2 Å². The molecule has 1 aromatic carbocycles. The first-order valence-electron chi connectivity index (χ1n) is 6.53. The number of fused-ring (bicyclic) bond motifs is 1. The van der Waals surface area contributed by atoms with Gasteiger partial charge in [0, 0.05) is 17.6 Å². The molecule has 1 amide bonds. The summed E-state index contributed by atoms with van der Waals surface area (Å²) in [5, 5.41) is 9.45. The van der Waals surface area contributed by atoms with Gasteiger partial charge in [0.05, 0.1) is 12.3 Å². The molecule has 1 unspecified atom stereocenters. The molecule has 5 nitrogen and oxygen atoms in total. The molecular formula is C14H18N2O3. The van der Waals surface area contributed by atoms with E-state index >= 15 is 0 Å². The van der Waals surface area contributed by atoms with Gasteiger partial charge in [0.25, 0.3) is 5.91 Å². The smallest absolute Gasteiger partial charge is 0.267 e. The molecular weight excluding hydrogens is 244 g/mol. The van der Waals surface area contributed by atoms with Crippen molar-refractivity contribution in [2.24, 2.45) is 5.41 Å². The third-order valence-corrected chi connectivity index (χ3v) is 3.98. The van der Waals surface area contributed by atoms with E-state index in [1.54, 1.807) is 30.0 Å². The van der Waals surface area contributed by atoms with Gasteiger partial charge >= 0.3 is 0 Å². The standard InChI is InChI=1S/C14H18N2O3/c1-9-13(18)16(7-14(8-17)4-5-14)11-6-10(15)2-3-12(11)19-9/h2-3,6,9,17H,4-5,7-8,15H2,1H3. The van der Waals surface area contributed by atoms with Crippen LogP contribution in [0, 0.1) is 5.41 Å². The number of rotatable bonds is 3. The lowest BCUT2D eigenvalue weighted by Crippen LogP contribution is -2.47. The maximum Gasteiger partial charge on any atom is 0.267 e. The lowest BCUT2D eigenvalue weighted by molar-refractivity contribution is -0.125. The number of benzene rings is 1. The summed E-state index contributed by atoms with van der Waals surface area (Å²) in [5.74, 6) is 0.605. The molecule has 0 spiro atoms. The molecule has 0 aromatic heterocycles. The highest BCUT2D eigenvalue weighted by Crippen LogP contribution is 2.48. The zero-order valence-corrected chi connectivity index (χ0v) is 10.9. The number of nitrogens with zero attached hydrogens (tertiary/aromatic N) is 1. The van der Waals surface area contributed by atoms with E-state index in [0.29, 0.717) is 23.7 Å². The van der Waals surface area contributed by atoms with Crippen LogP contribution in [0.25, 0.3) is 0 Å². The van der Waals surface area contributed by atoms with Crippen LogP contribution in [0.15, 0.2) is 18.2 Å². The molecule has 1 atom stereocenters. The van der Waals surface area contributed by atoms with Gasteiger partial charge in [0.1, 0.15) is 5.75 Å². The molecule has 0 saturated heterocycles. The largest absolute Gasteiger partial charge is 0.479 e. The number of carbonyl (C=O) groups excluding carboxylic acids is 1. The second-order valence-corrected chi connectivity index (χ2v) is 5.57. The number of nitrogen functional groups attached to an aromatic ring is 1. The minimum Gasteiger partial charge on any atom is -0.479 e. The van der Waals surface area contributed by atoms with Crippen LogP contribution in [-0.2, 0) is 4.79 Å². The van der Waals surface area contributed by atoms with Gasteiger partial charge < -0.3 is 20.5 Å². The first-order chi connectivity index (χ1) is 9.04. The average Bonchev–Trinajstić information content (AvgIpc) is 3.16. The zero-order valence-electron chi connectivity index (χ0n) is 10.9.